The van der Waals surface area contributed by atoms with Gasteiger partial charge >= 0.3 is 6.09 Å². The summed E-state index contributed by atoms with van der Waals surface area (Å²) in [4.78, 5) is 14.4. The molecule has 1 amide bonds. The number of carbonyl (C=O) groups is 1. The van der Waals surface area contributed by atoms with Crippen LogP contribution in [-0.4, -0.2) is 35.7 Å². The first-order chi connectivity index (χ1) is 12.7. The Morgan fingerprint density at radius 1 is 1.41 bits per heavy atom. The molecule has 1 aromatic carbocycles. The lowest BCUT2D eigenvalue weighted by Gasteiger charge is -2.25. The Morgan fingerprint density at radius 3 is 2.81 bits per heavy atom. The molecule has 1 aliphatic carbocycles. The van der Waals surface area contributed by atoms with Crippen LogP contribution in [0.1, 0.15) is 44.7 Å². The standard InChI is InChI=1S/C20H25ClFN3O2/c1-20(2,3)27-19(26)24-17-7-5-12-9-25(11-15(12)17)10-13-4-6-16(22)14(8-23)18(13)21/h4,6,12,15,17H,5,7,9-11H2,1-3H3,(H,24,26)/t12-,15-,17+/m0/s1. The minimum absolute atomic E-state index is 0.0990. The fraction of sp³-hybridized carbons (Fsp3) is 0.600. The van der Waals surface area contributed by atoms with E-state index in [2.05, 4.69) is 10.2 Å². The number of amides is 1. The number of halogens is 2. The molecule has 1 aliphatic heterocycles. The van der Waals surface area contributed by atoms with E-state index in [0.29, 0.717) is 18.4 Å². The zero-order valence-electron chi connectivity index (χ0n) is 15.9. The summed E-state index contributed by atoms with van der Waals surface area (Å²) in [7, 11) is 0. The topological polar surface area (TPSA) is 65.4 Å². The largest absolute Gasteiger partial charge is 0.444 e. The zero-order valence-corrected chi connectivity index (χ0v) is 16.6. The number of carbonyl (C=O) groups excluding carboxylic acids is 1. The second-order valence-electron chi connectivity index (χ2n) is 8.46. The van der Waals surface area contributed by atoms with Crippen LogP contribution in [-0.2, 0) is 11.3 Å². The first kappa shape index (κ1) is 19.9. The molecule has 7 heteroatoms. The molecular weight excluding hydrogens is 369 g/mol. The Balaban J connectivity index is 1.62. The molecule has 3 atom stereocenters. The Bertz CT molecular complexity index is 772. The summed E-state index contributed by atoms with van der Waals surface area (Å²) in [5.74, 6) is 0.290. The summed E-state index contributed by atoms with van der Waals surface area (Å²) >= 11 is 6.21. The van der Waals surface area contributed by atoms with Crippen molar-refractivity contribution in [2.75, 3.05) is 13.1 Å². The smallest absolute Gasteiger partial charge is 0.407 e. The molecule has 1 N–H and O–H groups in total. The number of benzene rings is 1. The molecule has 1 saturated heterocycles. The molecule has 1 saturated carbocycles. The maximum atomic E-state index is 13.6. The fourth-order valence-electron chi connectivity index (χ4n) is 4.19. The summed E-state index contributed by atoms with van der Waals surface area (Å²) in [6.45, 7) is 7.86. The van der Waals surface area contributed by atoms with Gasteiger partial charge in [0.25, 0.3) is 0 Å². The van der Waals surface area contributed by atoms with E-state index in [0.717, 1.165) is 31.5 Å². The number of nitrogens with zero attached hydrogens (tertiary/aromatic N) is 2. The number of fused-ring (bicyclic) bond motifs is 1. The SMILES string of the molecule is CC(C)(C)OC(=O)N[C@@H]1CC[C@H]2CN(Cc3ccc(F)c(C#N)c3Cl)C[C@@H]21. The minimum Gasteiger partial charge on any atom is -0.444 e. The molecule has 27 heavy (non-hydrogen) atoms. The van der Waals surface area contributed by atoms with Crippen LogP contribution in [0.5, 0.6) is 0 Å². The van der Waals surface area contributed by atoms with Gasteiger partial charge in [-0.1, -0.05) is 17.7 Å². The zero-order chi connectivity index (χ0) is 19.8. The van der Waals surface area contributed by atoms with Crippen LogP contribution in [0.2, 0.25) is 5.02 Å². The van der Waals surface area contributed by atoms with E-state index in [-0.39, 0.29) is 22.7 Å². The van der Waals surface area contributed by atoms with E-state index in [1.54, 1.807) is 6.07 Å². The minimum atomic E-state index is -0.592. The van der Waals surface area contributed by atoms with Gasteiger partial charge in [0.05, 0.1) is 5.02 Å². The Labute approximate surface area is 164 Å². The third-order valence-corrected chi connectivity index (χ3v) is 5.74. The maximum absolute atomic E-state index is 13.6. The van der Waals surface area contributed by atoms with Crippen LogP contribution in [0.15, 0.2) is 12.1 Å². The molecule has 1 heterocycles. The van der Waals surface area contributed by atoms with Gasteiger partial charge < -0.3 is 10.1 Å². The van der Waals surface area contributed by atoms with Crippen molar-refractivity contribution in [2.24, 2.45) is 11.8 Å². The lowest BCUT2D eigenvalue weighted by molar-refractivity contribution is 0.0491. The number of nitriles is 1. The van der Waals surface area contributed by atoms with Crippen molar-refractivity contribution >= 4 is 17.7 Å². The van der Waals surface area contributed by atoms with Crippen molar-refractivity contribution in [3.05, 3.63) is 34.1 Å². The van der Waals surface area contributed by atoms with Gasteiger partial charge in [0.15, 0.2) is 0 Å². The van der Waals surface area contributed by atoms with Crippen molar-refractivity contribution < 1.29 is 13.9 Å². The van der Waals surface area contributed by atoms with Crippen molar-refractivity contribution in [1.82, 2.24) is 10.2 Å². The molecule has 3 rings (SSSR count). The third-order valence-electron chi connectivity index (χ3n) is 5.31. The predicted octanol–water partition coefficient (Wildman–Crippen LogP) is 4.09. The summed E-state index contributed by atoms with van der Waals surface area (Å²) in [5.41, 5.74) is 0.144. The monoisotopic (exact) mass is 393 g/mol. The first-order valence-electron chi connectivity index (χ1n) is 9.27. The molecule has 1 aromatic rings. The third kappa shape index (κ3) is 4.53. The lowest BCUT2D eigenvalue weighted by Crippen LogP contribution is -2.42. The first-order valence-corrected chi connectivity index (χ1v) is 9.64. The molecule has 5 nitrogen and oxygen atoms in total. The summed E-state index contributed by atoms with van der Waals surface area (Å²) in [6, 6.07) is 4.87. The molecule has 0 aromatic heterocycles. The number of rotatable bonds is 3. The van der Waals surface area contributed by atoms with Crippen LogP contribution in [0.25, 0.3) is 0 Å². The number of hydrogen-bond acceptors (Lipinski definition) is 4. The second kappa shape index (κ2) is 7.65. The van der Waals surface area contributed by atoms with Gasteiger partial charge in [-0.3, -0.25) is 4.90 Å². The van der Waals surface area contributed by atoms with Gasteiger partial charge in [-0.05, 0) is 57.1 Å². The van der Waals surface area contributed by atoms with E-state index in [1.807, 2.05) is 26.8 Å². The van der Waals surface area contributed by atoms with Gasteiger partial charge in [0, 0.05) is 25.7 Å². The maximum Gasteiger partial charge on any atom is 0.407 e. The quantitative estimate of drug-likeness (QED) is 0.840. The summed E-state index contributed by atoms with van der Waals surface area (Å²) in [6.07, 6.45) is 1.65. The van der Waals surface area contributed by atoms with E-state index in [1.165, 1.54) is 6.07 Å². The molecule has 2 aliphatic rings. The molecule has 0 bridgehead atoms. The van der Waals surface area contributed by atoms with Crippen LogP contribution in [0.3, 0.4) is 0 Å². The Hall–Kier alpha value is -1.84. The van der Waals surface area contributed by atoms with Gasteiger partial charge in [-0.2, -0.15) is 5.26 Å². The highest BCUT2D eigenvalue weighted by atomic mass is 35.5. The predicted molar refractivity (Wildman–Crippen MR) is 101 cm³/mol. The highest BCUT2D eigenvalue weighted by molar-refractivity contribution is 6.32. The van der Waals surface area contributed by atoms with E-state index in [4.69, 9.17) is 21.6 Å². The molecule has 0 unspecified atom stereocenters. The number of nitrogens with one attached hydrogen (secondary N) is 1. The van der Waals surface area contributed by atoms with Crippen molar-refractivity contribution in [3.8, 4) is 6.07 Å². The van der Waals surface area contributed by atoms with Crippen molar-refractivity contribution in [1.29, 1.82) is 5.26 Å². The summed E-state index contributed by atoms with van der Waals surface area (Å²) in [5, 5.41) is 12.3. The second-order valence-corrected chi connectivity index (χ2v) is 8.83. The lowest BCUT2D eigenvalue weighted by atomic mass is 9.98. The Morgan fingerprint density at radius 2 is 2.15 bits per heavy atom. The molecule has 0 radical (unpaired) electrons. The van der Waals surface area contributed by atoms with E-state index in [9.17, 15) is 9.18 Å². The normalized spacial score (nSPS) is 25.1. The van der Waals surface area contributed by atoms with Gasteiger partial charge in [0.1, 0.15) is 23.1 Å². The number of alkyl carbamates (subject to hydrolysis) is 1. The number of hydrogen-bond donors (Lipinski definition) is 1. The van der Waals surface area contributed by atoms with Crippen molar-refractivity contribution in [2.45, 2.75) is 51.8 Å². The highest BCUT2D eigenvalue weighted by Gasteiger charge is 2.43. The van der Waals surface area contributed by atoms with Crippen LogP contribution < -0.4 is 5.32 Å². The molecule has 0 spiro atoms. The average molecular weight is 394 g/mol. The van der Waals surface area contributed by atoms with Gasteiger partial charge in [0.2, 0.25) is 0 Å². The van der Waals surface area contributed by atoms with Crippen LogP contribution in [0, 0.1) is 29.0 Å². The molecule has 2 fully saturated rings. The Kier molecular flexibility index (Phi) is 5.64. The van der Waals surface area contributed by atoms with Gasteiger partial charge in [-0.15, -0.1) is 0 Å². The molecule has 146 valence electrons. The number of ether oxygens (including phenoxy) is 1. The van der Waals surface area contributed by atoms with Crippen molar-refractivity contribution in [3.63, 3.8) is 0 Å². The highest BCUT2D eigenvalue weighted by Crippen LogP contribution is 2.39. The average Bonchev–Trinajstić information content (AvgIpc) is 3.10. The van der Waals surface area contributed by atoms with Crippen LogP contribution in [0.4, 0.5) is 9.18 Å². The summed E-state index contributed by atoms with van der Waals surface area (Å²) < 4.78 is 19.0. The number of likely N-dealkylation sites (tertiary alicyclic amines) is 1. The van der Waals surface area contributed by atoms with E-state index < -0.39 is 11.4 Å². The van der Waals surface area contributed by atoms with Crippen LogP contribution >= 0.6 is 11.6 Å². The van der Waals surface area contributed by atoms with E-state index >= 15 is 0 Å². The molecular formula is C20H25ClFN3O2. The fourth-order valence-corrected chi connectivity index (χ4v) is 4.44. The van der Waals surface area contributed by atoms with Gasteiger partial charge in [-0.25, -0.2) is 9.18 Å².